The number of aliphatic hydroxyl groups excluding tert-OH is 1. The highest BCUT2D eigenvalue weighted by Crippen LogP contribution is 2.40. The van der Waals surface area contributed by atoms with Crippen molar-refractivity contribution < 1.29 is 14.6 Å². The maximum Gasteiger partial charge on any atom is 0.130 e. The van der Waals surface area contributed by atoms with Crippen LogP contribution in [0.1, 0.15) is 37.8 Å². The first-order valence-electron chi connectivity index (χ1n) is 9.07. The van der Waals surface area contributed by atoms with Gasteiger partial charge in [-0.25, -0.2) is 0 Å². The molecule has 0 unspecified atom stereocenters. The lowest BCUT2D eigenvalue weighted by Crippen LogP contribution is -2.00. The molecular formula is C23H30O3. The summed E-state index contributed by atoms with van der Waals surface area (Å²) in [5.74, 6) is 1.85. The van der Waals surface area contributed by atoms with Crippen LogP contribution in [-0.4, -0.2) is 25.9 Å². The molecule has 140 valence electrons. The van der Waals surface area contributed by atoms with E-state index in [0.717, 1.165) is 52.7 Å². The molecule has 0 aromatic heterocycles. The van der Waals surface area contributed by atoms with Crippen LogP contribution in [0.5, 0.6) is 11.5 Å². The first-order chi connectivity index (χ1) is 12.5. The number of hydrogen-bond donors (Lipinski definition) is 1. The van der Waals surface area contributed by atoms with Crippen molar-refractivity contribution in [2.75, 3.05) is 20.8 Å². The maximum absolute atomic E-state index is 9.07. The van der Waals surface area contributed by atoms with Gasteiger partial charge in [0.15, 0.2) is 0 Å². The minimum Gasteiger partial charge on any atom is -0.496 e. The first kappa shape index (κ1) is 20.1. The number of allylic oxidation sites excluding steroid dienone is 3. The van der Waals surface area contributed by atoms with Crippen LogP contribution in [0, 0.1) is 6.92 Å². The van der Waals surface area contributed by atoms with E-state index in [4.69, 9.17) is 14.6 Å². The predicted molar refractivity (Wildman–Crippen MR) is 109 cm³/mol. The summed E-state index contributed by atoms with van der Waals surface area (Å²) in [5.41, 5.74) is 4.66. The van der Waals surface area contributed by atoms with Crippen LogP contribution in [0.4, 0.5) is 0 Å². The van der Waals surface area contributed by atoms with Gasteiger partial charge in [0.2, 0.25) is 0 Å². The molecule has 0 bridgehead atoms. The Balaban J connectivity index is 2.34. The molecular weight excluding hydrogens is 324 g/mol. The zero-order valence-electron chi connectivity index (χ0n) is 16.6. The van der Waals surface area contributed by atoms with Crippen molar-refractivity contribution in [3.63, 3.8) is 0 Å². The summed E-state index contributed by atoms with van der Waals surface area (Å²) in [6.07, 6.45) is 7.11. The molecule has 1 N–H and O–H groups in total. The smallest absolute Gasteiger partial charge is 0.130 e. The summed E-state index contributed by atoms with van der Waals surface area (Å²) >= 11 is 0. The van der Waals surface area contributed by atoms with Gasteiger partial charge < -0.3 is 14.6 Å². The van der Waals surface area contributed by atoms with Gasteiger partial charge in [0.05, 0.1) is 20.8 Å². The fourth-order valence-corrected chi connectivity index (χ4v) is 3.28. The number of hydrogen-bond acceptors (Lipinski definition) is 3. The third kappa shape index (κ3) is 4.47. The lowest BCUT2D eigenvalue weighted by molar-refractivity contribution is 0.331. The summed E-state index contributed by atoms with van der Waals surface area (Å²) in [6.45, 7) is 6.34. The van der Waals surface area contributed by atoms with E-state index in [1.807, 2.05) is 19.1 Å². The van der Waals surface area contributed by atoms with Gasteiger partial charge in [-0.05, 0) is 45.6 Å². The molecule has 26 heavy (non-hydrogen) atoms. The minimum atomic E-state index is 0.135. The summed E-state index contributed by atoms with van der Waals surface area (Å²) in [7, 11) is 3.46. The average molecular weight is 354 g/mol. The van der Waals surface area contributed by atoms with Crippen LogP contribution in [0.25, 0.3) is 10.8 Å². The first-order valence-corrected chi connectivity index (χ1v) is 9.07. The van der Waals surface area contributed by atoms with Crippen molar-refractivity contribution in [1.82, 2.24) is 0 Å². The zero-order chi connectivity index (χ0) is 19.1. The molecule has 0 aliphatic rings. The third-order valence-corrected chi connectivity index (χ3v) is 4.83. The van der Waals surface area contributed by atoms with Gasteiger partial charge >= 0.3 is 0 Å². The van der Waals surface area contributed by atoms with Crippen LogP contribution in [0.3, 0.4) is 0 Å². The number of benzene rings is 2. The molecule has 0 fully saturated rings. The molecule has 3 heteroatoms. The molecule has 0 saturated carbocycles. The number of aliphatic hydroxyl groups is 1. The van der Waals surface area contributed by atoms with Crippen molar-refractivity contribution >= 4 is 10.8 Å². The van der Waals surface area contributed by atoms with Crippen molar-refractivity contribution in [3.8, 4) is 11.5 Å². The molecule has 0 saturated heterocycles. The van der Waals surface area contributed by atoms with Crippen molar-refractivity contribution in [2.24, 2.45) is 0 Å². The van der Waals surface area contributed by atoms with E-state index in [1.54, 1.807) is 14.2 Å². The Hall–Kier alpha value is -2.26. The molecule has 0 heterocycles. The summed E-state index contributed by atoms with van der Waals surface area (Å²) < 4.78 is 11.5. The Morgan fingerprint density at radius 1 is 0.962 bits per heavy atom. The van der Waals surface area contributed by atoms with Gasteiger partial charge in [-0.15, -0.1) is 0 Å². The highest BCUT2D eigenvalue weighted by atomic mass is 16.5. The van der Waals surface area contributed by atoms with E-state index >= 15 is 0 Å². The maximum atomic E-state index is 9.07. The fraction of sp³-hybridized carbons (Fsp3) is 0.391. The fourth-order valence-electron chi connectivity index (χ4n) is 3.28. The second-order valence-corrected chi connectivity index (χ2v) is 6.72. The highest BCUT2D eigenvalue weighted by Gasteiger charge is 2.17. The van der Waals surface area contributed by atoms with Crippen molar-refractivity contribution in [3.05, 3.63) is 58.7 Å². The van der Waals surface area contributed by atoms with Gasteiger partial charge in [-0.2, -0.15) is 0 Å². The number of rotatable bonds is 8. The molecule has 2 aromatic rings. The molecule has 2 rings (SSSR count). The summed E-state index contributed by atoms with van der Waals surface area (Å²) in [4.78, 5) is 0. The Labute approximate surface area is 156 Å². The van der Waals surface area contributed by atoms with E-state index in [-0.39, 0.29) is 6.61 Å². The molecule has 0 spiro atoms. The third-order valence-electron chi connectivity index (χ3n) is 4.83. The second kappa shape index (κ2) is 9.44. The minimum absolute atomic E-state index is 0.135. The normalized spacial score (nSPS) is 12.5. The van der Waals surface area contributed by atoms with Gasteiger partial charge in [0.25, 0.3) is 0 Å². The quantitative estimate of drug-likeness (QED) is 0.647. The van der Waals surface area contributed by atoms with E-state index in [2.05, 4.69) is 38.1 Å². The zero-order valence-corrected chi connectivity index (χ0v) is 16.6. The molecule has 3 nitrogen and oxygen atoms in total. The number of ether oxygens (including phenoxy) is 2. The van der Waals surface area contributed by atoms with E-state index in [1.165, 1.54) is 11.1 Å². The van der Waals surface area contributed by atoms with Crippen molar-refractivity contribution in [1.29, 1.82) is 0 Å². The monoisotopic (exact) mass is 354 g/mol. The largest absolute Gasteiger partial charge is 0.496 e. The highest BCUT2D eigenvalue weighted by molar-refractivity contribution is 5.96. The van der Waals surface area contributed by atoms with E-state index < -0.39 is 0 Å². The van der Waals surface area contributed by atoms with E-state index in [9.17, 15) is 0 Å². The summed E-state index contributed by atoms with van der Waals surface area (Å²) in [5, 5.41) is 11.2. The predicted octanol–water partition coefficient (Wildman–Crippen LogP) is 5.37. The average Bonchev–Trinajstić information content (AvgIpc) is 2.65. The second-order valence-electron chi connectivity index (χ2n) is 6.72. The Morgan fingerprint density at radius 3 is 2.15 bits per heavy atom. The number of fused-ring (bicyclic) bond motifs is 1. The molecule has 0 aliphatic carbocycles. The topological polar surface area (TPSA) is 38.7 Å². The van der Waals surface area contributed by atoms with Crippen LogP contribution < -0.4 is 9.47 Å². The van der Waals surface area contributed by atoms with Crippen LogP contribution in [0.2, 0.25) is 0 Å². The van der Waals surface area contributed by atoms with Crippen LogP contribution in [0.15, 0.2) is 47.6 Å². The standard InChI is InChI=1S/C23H30O3/c1-16(9-8-10-17(2)15-24)13-14-19-18(3)22(25-4)20-11-6-7-12-21(20)23(19)26-5/h6-7,10-13,24H,8-9,14-15H2,1-5H3/b16-13+,17-10+. The lowest BCUT2D eigenvalue weighted by Gasteiger charge is -2.18. The van der Waals surface area contributed by atoms with Gasteiger partial charge in [-0.3, -0.25) is 0 Å². The van der Waals surface area contributed by atoms with Gasteiger partial charge in [0, 0.05) is 16.3 Å². The Kier molecular flexibility index (Phi) is 7.28. The SMILES string of the molecule is COc1c(C)c(C/C=C(\C)CC/C=C(\C)CO)c(OC)c2ccccc12. The van der Waals surface area contributed by atoms with E-state index in [0.29, 0.717) is 0 Å². The van der Waals surface area contributed by atoms with Gasteiger partial charge in [-0.1, -0.05) is 47.6 Å². The van der Waals surface area contributed by atoms with Crippen molar-refractivity contribution in [2.45, 2.75) is 40.0 Å². The molecule has 0 atom stereocenters. The molecule has 0 radical (unpaired) electrons. The Morgan fingerprint density at radius 2 is 1.58 bits per heavy atom. The Bertz CT molecular complexity index is 816. The molecule has 0 aliphatic heterocycles. The lowest BCUT2D eigenvalue weighted by atomic mass is 9.95. The summed E-state index contributed by atoms with van der Waals surface area (Å²) in [6, 6.07) is 8.21. The molecule has 0 amide bonds. The van der Waals surface area contributed by atoms with Crippen LogP contribution in [-0.2, 0) is 6.42 Å². The van der Waals surface area contributed by atoms with Crippen LogP contribution >= 0.6 is 0 Å². The molecule has 2 aromatic carbocycles. The number of methoxy groups -OCH3 is 2. The van der Waals surface area contributed by atoms with Gasteiger partial charge in [0.1, 0.15) is 11.5 Å².